The summed E-state index contributed by atoms with van der Waals surface area (Å²) in [6.07, 6.45) is -3.14. The molecule has 6 nitrogen and oxygen atoms in total. The van der Waals surface area contributed by atoms with Gasteiger partial charge in [0.05, 0.1) is 5.56 Å². The molecule has 9 heteroatoms. The summed E-state index contributed by atoms with van der Waals surface area (Å²) >= 11 is 0. The number of aromatic amines is 1. The number of H-pyrrole nitrogens is 1. The van der Waals surface area contributed by atoms with Crippen LogP contribution in [-0.2, 0) is 10.0 Å². The van der Waals surface area contributed by atoms with Crippen LogP contribution in [0.25, 0.3) is 0 Å². The van der Waals surface area contributed by atoms with Gasteiger partial charge in [-0.05, 0) is 0 Å². The largest absolute Gasteiger partial charge is 0.398 e. The molecule has 0 aliphatic carbocycles. The average Bonchev–Trinajstić information content (AvgIpc) is 1.99. The Hall–Kier alpha value is -1.48. The van der Waals surface area contributed by atoms with Crippen LogP contribution in [-0.4, -0.2) is 13.4 Å². The molecule has 0 aliphatic rings. The van der Waals surface area contributed by atoms with Gasteiger partial charge < -0.3 is 10.7 Å². The number of nitrogens with two attached hydrogens (primary N) is 2. The summed E-state index contributed by atoms with van der Waals surface area (Å²) < 4.78 is 46.6. The Balaban J connectivity index is 3.70. The van der Waals surface area contributed by atoms with Gasteiger partial charge in [-0.3, -0.25) is 4.79 Å². The van der Waals surface area contributed by atoms with Crippen LogP contribution in [0.5, 0.6) is 0 Å². The van der Waals surface area contributed by atoms with Crippen LogP contribution >= 0.6 is 0 Å². The lowest BCUT2D eigenvalue weighted by atomic mass is 10.2. The predicted octanol–water partition coefficient (Wildman–Crippen LogP) is -0.458. The third kappa shape index (κ3) is 2.30. The maximum atomic E-state index is 12.4. The van der Waals surface area contributed by atoms with Crippen molar-refractivity contribution in [3.8, 4) is 0 Å². The lowest BCUT2D eigenvalue weighted by molar-refractivity contribution is 0.148. The minimum atomic E-state index is -4.44. The van der Waals surface area contributed by atoms with Gasteiger partial charge in [0.25, 0.3) is 22.0 Å². The van der Waals surface area contributed by atoms with Crippen molar-refractivity contribution in [3.05, 3.63) is 22.0 Å². The molecule has 0 fully saturated rings. The molecule has 0 bridgehead atoms. The van der Waals surface area contributed by atoms with Crippen molar-refractivity contribution >= 4 is 15.7 Å². The predicted molar refractivity (Wildman–Crippen MR) is 47.8 cm³/mol. The Bertz CT molecular complexity index is 537. The Morgan fingerprint density at radius 2 is 1.93 bits per heavy atom. The third-order valence-corrected chi connectivity index (χ3v) is 2.47. The normalized spacial score (nSPS) is 12.0. The van der Waals surface area contributed by atoms with E-state index in [4.69, 9.17) is 5.73 Å². The molecule has 0 spiro atoms. The SMILES string of the molecule is Nc1cc(=O)[nH]c(S(N)(=O)=O)c1C(F)F. The zero-order valence-electron chi connectivity index (χ0n) is 7.20. The maximum absolute atomic E-state index is 12.4. The highest BCUT2D eigenvalue weighted by atomic mass is 32.2. The van der Waals surface area contributed by atoms with Crippen molar-refractivity contribution in [3.63, 3.8) is 0 Å². The van der Waals surface area contributed by atoms with Crippen molar-refractivity contribution in [1.82, 2.24) is 4.98 Å². The van der Waals surface area contributed by atoms with Gasteiger partial charge in [0.15, 0.2) is 5.03 Å². The molecule has 0 atom stereocenters. The molecule has 1 heterocycles. The number of halogens is 2. The van der Waals surface area contributed by atoms with Crippen LogP contribution in [0.15, 0.2) is 15.9 Å². The van der Waals surface area contributed by atoms with Crippen molar-refractivity contribution < 1.29 is 17.2 Å². The van der Waals surface area contributed by atoms with Crippen molar-refractivity contribution in [2.45, 2.75) is 11.5 Å². The van der Waals surface area contributed by atoms with E-state index in [1.54, 1.807) is 4.98 Å². The minimum absolute atomic E-state index is 0.613. The summed E-state index contributed by atoms with van der Waals surface area (Å²) in [5.74, 6) is 0. The molecule has 1 rings (SSSR count). The summed E-state index contributed by atoms with van der Waals surface area (Å²) in [6.45, 7) is 0. The van der Waals surface area contributed by atoms with Gasteiger partial charge >= 0.3 is 0 Å². The number of hydrogen-bond acceptors (Lipinski definition) is 4. The highest BCUT2D eigenvalue weighted by molar-refractivity contribution is 7.89. The molecule has 0 unspecified atom stereocenters. The zero-order chi connectivity index (χ0) is 11.8. The molecule has 0 saturated heterocycles. The smallest absolute Gasteiger partial charge is 0.268 e. The minimum Gasteiger partial charge on any atom is -0.398 e. The summed E-state index contributed by atoms with van der Waals surface area (Å²) in [5, 5.41) is 3.59. The highest BCUT2D eigenvalue weighted by Crippen LogP contribution is 2.28. The first-order valence-electron chi connectivity index (χ1n) is 3.57. The van der Waals surface area contributed by atoms with E-state index >= 15 is 0 Å². The molecule has 84 valence electrons. The van der Waals surface area contributed by atoms with Gasteiger partial charge in [0.1, 0.15) is 0 Å². The van der Waals surface area contributed by atoms with E-state index in [9.17, 15) is 22.0 Å². The van der Waals surface area contributed by atoms with Gasteiger partial charge in [0.2, 0.25) is 0 Å². The van der Waals surface area contributed by atoms with Crippen LogP contribution < -0.4 is 16.4 Å². The van der Waals surface area contributed by atoms with Crippen LogP contribution in [0.3, 0.4) is 0 Å². The Kier molecular flexibility index (Phi) is 2.77. The fraction of sp³-hybridized carbons (Fsp3) is 0.167. The quantitative estimate of drug-likeness (QED) is 0.647. The summed E-state index contributed by atoms with van der Waals surface area (Å²) in [7, 11) is -4.44. The highest BCUT2D eigenvalue weighted by Gasteiger charge is 2.24. The van der Waals surface area contributed by atoms with E-state index in [0.29, 0.717) is 6.07 Å². The average molecular weight is 239 g/mol. The number of alkyl halides is 2. The number of hydrogen-bond donors (Lipinski definition) is 3. The van der Waals surface area contributed by atoms with Crippen molar-refractivity contribution in [1.29, 1.82) is 0 Å². The first-order valence-corrected chi connectivity index (χ1v) is 5.11. The molecule has 1 aromatic heterocycles. The van der Waals surface area contributed by atoms with E-state index in [2.05, 4.69) is 5.14 Å². The summed E-state index contributed by atoms with van der Waals surface area (Å²) in [5.41, 5.74) is 2.58. The number of aromatic nitrogens is 1. The fourth-order valence-corrected chi connectivity index (χ4v) is 1.77. The van der Waals surface area contributed by atoms with E-state index in [0.717, 1.165) is 0 Å². The number of nitrogens with one attached hydrogen (secondary N) is 1. The lowest BCUT2D eigenvalue weighted by Gasteiger charge is -2.08. The lowest BCUT2D eigenvalue weighted by Crippen LogP contribution is -2.22. The maximum Gasteiger partial charge on any atom is 0.268 e. The molecule has 0 saturated carbocycles. The van der Waals surface area contributed by atoms with Gasteiger partial charge in [0, 0.05) is 11.8 Å². The number of rotatable bonds is 2. The van der Waals surface area contributed by atoms with Crippen molar-refractivity contribution in [2.75, 3.05) is 5.73 Å². The molecule has 1 aromatic rings. The summed E-state index contributed by atoms with van der Waals surface area (Å²) in [4.78, 5) is 12.5. The van der Waals surface area contributed by atoms with Gasteiger partial charge in [-0.15, -0.1) is 0 Å². The second-order valence-electron chi connectivity index (χ2n) is 2.68. The van der Waals surface area contributed by atoms with E-state index in [-0.39, 0.29) is 0 Å². The van der Waals surface area contributed by atoms with Gasteiger partial charge in [-0.1, -0.05) is 0 Å². The Morgan fingerprint density at radius 3 is 2.33 bits per heavy atom. The Labute approximate surface area is 82.9 Å². The molecule has 0 aliphatic heterocycles. The zero-order valence-corrected chi connectivity index (χ0v) is 8.01. The topological polar surface area (TPSA) is 119 Å². The van der Waals surface area contributed by atoms with Gasteiger partial charge in [-0.25, -0.2) is 22.3 Å². The second kappa shape index (κ2) is 3.59. The van der Waals surface area contributed by atoms with E-state index < -0.39 is 38.3 Å². The first kappa shape index (κ1) is 11.6. The Morgan fingerprint density at radius 1 is 1.40 bits per heavy atom. The van der Waals surface area contributed by atoms with Gasteiger partial charge in [-0.2, -0.15) is 0 Å². The molecule has 5 N–H and O–H groups in total. The summed E-state index contributed by atoms with van der Waals surface area (Å²) in [6, 6.07) is 0.663. The fourth-order valence-electron chi connectivity index (χ4n) is 1.01. The standard InChI is InChI=1S/C6H7F2N3O3S/c7-5(8)4-2(9)1-3(12)11-6(4)15(10,13)14/h1,5H,(H3,9,11,12)(H2,10,13,14). The molecular weight excluding hydrogens is 232 g/mol. The van der Waals surface area contributed by atoms with Crippen LogP contribution in [0.1, 0.15) is 12.0 Å². The third-order valence-electron chi connectivity index (χ3n) is 1.58. The van der Waals surface area contributed by atoms with Crippen LogP contribution in [0, 0.1) is 0 Å². The number of pyridine rings is 1. The molecule has 15 heavy (non-hydrogen) atoms. The molecule has 0 aromatic carbocycles. The van der Waals surface area contributed by atoms with Crippen molar-refractivity contribution in [2.24, 2.45) is 5.14 Å². The second-order valence-corrected chi connectivity index (χ2v) is 4.18. The number of nitrogen functional groups attached to an aromatic ring is 1. The van der Waals surface area contributed by atoms with E-state index in [1.807, 2.05) is 0 Å². The number of anilines is 1. The molecule has 0 radical (unpaired) electrons. The van der Waals surface area contributed by atoms with Crippen LogP contribution in [0.4, 0.5) is 14.5 Å². The number of primary sulfonamides is 1. The molecule has 0 amide bonds. The first-order chi connectivity index (χ1) is 6.73. The van der Waals surface area contributed by atoms with E-state index in [1.165, 1.54) is 0 Å². The molecular formula is C6H7F2N3O3S. The number of sulfonamides is 1. The monoisotopic (exact) mass is 239 g/mol. The van der Waals surface area contributed by atoms with Crippen LogP contribution in [0.2, 0.25) is 0 Å².